The number of nitrogens with zero attached hydrogens (tertiary/aromatic N) is 2. The van der Waals surface area contributed by atoms with Crippen molar-refractivity contribution < 1.29 is 33.4 Å². The minimum atomic E-state index is -0.380. The molecular weight excluding hydrogens is 765 g/mol. The SMILES string of the molecule is CCCCCCCCCCCOC(=O)CCCCCN1CC[C@H](OC(=O)CCN(C)C)C(CCCCCCCC(=O)OC(CCCCCCCC)CCCCCCCC)C1=O. The summed E-state index contributed by atoms with van der Waals surface area (Å²) >= 11 is 0. The van der Waals surface area contributed by atoms with E-state index in [1.807, 2.05) is 23.9 Å². The van der Waals surface area contributed by atoms with Gasteiger partial charge in [0.05, 0.1) is 18.9 Å². The molecule has 358 valence electrons. The second kappa shape index (κ2) is 40.6. The summed E-state index contributed by atoms with van der Waals surface area (Å²) in [6.07, 6.45) is 37.7. The lowest BCUT2D eigenvalue weighted by atomic mass is 9.88. The second-order valence-electron chi connectivity index (χ2n) is 18.7. The van der Waals surface area contributed by atoms with E-state index in [0.717, 1.165) is 89.9 Å². The van der Waals surface area contributed by atoms with E-state index >= 15 is 0 Å². The first kappa shape index (κ1) is 56.9. The Morgan fingerprint density at radius 2 is 1.05 bits per heavy atom. The third-order valence-corrected chi connectivity index (χ3v) is 12.6. The van der Waals surface area contributed by atoms with Gasteiger partial charge in [-0.2, -0.15) is 0 Å². The Morgan fingerprint density at radius 3 is 1.61 bits per heavy atom. The fourth-order valence-corrected chi connectivity index (χ4v) is 8.60. The number of likely N-dealkylation sites (tertiary alicyclic amines) is 1. The Morgan fingerprint density at radius 1 is 0.574 bits per heavy atom. The first-order valence-corrected chi connectivity index (χ1v) is 26.2. The average molecular weight is 863 g/mol. The van der Waals surface area contributed by atoms with Gasteiger partial charge in [-0.25, -0.2) is 0 Å². The minimum Gasteiger partial charge on any atom is -0.466 e. The Balaban J connectivity index is 2.45. The number of rotatable bonds is 43. The average Bonchev–Trinajstić information content (AvgIpc) is 3.24. The van der Waals surface area contributed by atoms with Crippen molar-refractivity contribution in [3.63, 3.8) is 0 Å². The van der Waals surface area contributed by atoms with Crippen LogP contribution in [0.3, 0.4) is 0 Å². The van der Waals surface area contributed by atoms with Gasteiger partial charge >= 0.3 is 17.9 Å². The molecule has 1 amide bonds. The lowest BCUT2D eigenvalue weighted by Crippen LogP contribution is -2.49. The van der Waals surface area contributed by atoms with E-state index in [1.165, 1.54) is 109 Å². The van der Waals surface area contributed by atoms with Gasteiger partial charge in [0.1, 0.15) is 12.2 Å². The summed E-state index contributed by atoms with van der Waals surface area (Å²) in [5.74, 6) is -0.617. The topological polar surface area (TPSA) is 102 Å². The van der Waals surface area contributed by atoms with Crippen LogP contribution in [0.4, 0.5) is 0 Å². The maximum absolute atomic E-state index is 13.8. The Hall–Kier alpha value is -2.16. The first-order valence-electron chi connectivity index (χ1n) is 26.2. The number of unbranched alkanes of at least 4 members (excludes halogenated alkanes) is 24. The lowest BCUT2D eigenvalue weighted by molar-refractivity contribution is -0.162. The van der Waals surface area contributed by atoms with Gasteiger partial charge in [0.15, 0.2) is 0 Å². The number of carbonyl (C=O) groups is 4. The Bertz CT molecular complexity index is 1050. The van der Waals surface area contributed by atoms with E-state index in [9.17, 15) is 19.2 Å². The van der Waals surface area contributed by atoms with Crippen molar-refractivity contribution in [2.45, 2.75) is 264 Å². The molecule has 0 saturated carbocycles. The van der Waals surface area contributed by atoms with E-state index in [0.29, 0.717) is 58.3 Å². The number of amides is 1. The molecule has 1 aliphatic rings. The maximum atomic E-state index is 13.8. The van der Waals surface area contributed by atoms with E-state index in [2.05, 4.69) is 20.8 Å². The molecule has 2 atom stereocenters. The van der Waals surface area contributed by atoms with Crippen LogP contribution in [0.1, 0.15) is 252 Å². The summed E-state index contributed by atoms with van der Waals surface area (Å²) in [4.78, 5) is 55.6. The zero-order chi connectivity index (χ0) is 44.6. The summed E-state index contributed by atoms with van der Waals surface area (Å²) in [6, 6.07) is 0. The van der Waals surface area contributed by atoms with Crippen LogP contribution in [-0.4, -0.2) is 86.2 Å². The summed E-state index contributed by atoms with van der Waals surface area (Å²) < 4.78 is 17.5. The summed E-state index contributed by atoms with van der Waals surface area (Å²) in [5.41, 5.74) is 0. The zero-order valence-electron chi connectivity index (χ0n) is 40.8. The molecule has 9 nitrogen and oxygen atoms in total. The number of carbonyl (C=O) groups excluding carboxylic acids is 4. The molecule has 0 spiro atoms. The van der Waals surface area contributed by atoms with Crippen molar-refractivity contribution >= 4 is 23.8 Å². The number of ether oxygens (including phenoxy) is 3. The van der Waals surface area contributed by atoms with Crippen molar-refractivity contribution in [3.8, 4) is 0 Å². The molecule has 1 saturated heterocycles. The fourth-order valence-electron chi connectivity index (χ4n) is 8.60. The monoisotopic (exact) mass is 863 g/mol. The number of hydrogen-bond acceptors (Lipinski definition) is 8. The third-order valence-electron chi connectivity index (χ3n) is 12.6. The molecular formula is C52H98N2O7. The first-order chi connectivity index (χ1) is 29.7. The van der Waals surface area contributed by atoms with Gasteiger partial charge in [-0.1, -0.05) is 168 Å². The lowest BCUT2D eigenvalue weighted by Gasteiger charge is -2.37. The van der Waals surface area contributed by atoms with Gasteiger partial charge in [-0.3, -0.25) is 19.2 Å². The largest absolute Gasteiger partial charge is 0.466 e. The maximum Gasteiger partial charge on any atom is 0.307 e. The molecule has 61 heavy (non-hydrogen) atoms. The van der Waals surface area contributed by atoms with E-state index in [4.69, 9.17) is 14.2 Å². The molecule has 0 aromatic heterocycles. The number of hydrogen-bond donors (Lipinski definition) is 0. The molecule has 9 heteroatoms. The molecule has 0 aromatic rings. The quantitative estimate of drug-likeness (QED) is 0.0339. The molecule has 1 heterocycles. The molecule has 0 N–H and O–H groups in total. The van der Waals surface area contributed by atoms with Crippen LogP contribution in [0, 0.1) is 5.92 Å². The van der Waals surface area contributed by atoms with Gasteiger partial charge in [0, 0.05) is 38.9 Å². The van der Waals surface area contributed by atoms with Crippen molar-refractivity contribution in [2.75, 3.05) is 40.3 Å². The number of esters is 3. The van der Waals surface area contributed by atoms with Crippen LogP contribution in [-0.2, 0) is 33.4 Å². The highest BCUT2D eigenvalue weighted by Gasteiger charge is 2.38. The van der Waals surface area contributed by atoms with Crippen molar-refractivity contribution in [1.29, 1.82) is 0 Å². The molecule has 0 aliphatic carbocycles. The van der Waals surface area contributed by atoms with Crippen LogP contribution in [0.5, 0.6) is 0 Å². The van der Waals surface area contributed by atoms with Crippen molar-refractivity contribution in [1.82, 2.24) is 9.80 Å². The van der Waals surface area contributed by atoms with Gasteiger partial charge in [0.2, 0.25) is 5.91 Å². The fraction of sp³-hybridized carbons (Fsp3) is 0.923. The zero-order valence-corrected chi connectivity index (χ0v) is 40.8. The summed E-state index contributed by atoms with van der Waals surface area (Å²) in [7, 11) is 3.88. The minimum absolute atomic E-state index is 0.0435. The van der Waals surface area contributed by atoms with Crippen LogP contribution >= 0.6 is 0 Å². The highest BCUT2D eigenvalue weighted by Crippen LogP contribution is 2.28. The molecule has 1 unspecified atom stereocenters. The smallest absolute Gasteiger partial charge is 0.307 e. The van der Waals surface area contributed by atoms with Crippen LogP contribution in [0.15, 0.2) is 0 Å². The van der Waals surface area contributed by atoms with Gasteiger partial charge in [0.25, 0.3) is 0 Å². The highest BCUT2D eigenvalue weighted by atomic mass is 16.5. The van der Waals surface area contributed by atoms with Crippen LogP contribution in [0.2, 0.25) is 0 Å². The van der Waals surface area contributed by atoms with Crippen molar-refractivity contribution in [3.05, 3.63) is 0 Å². The predicted molar refractivity (Wildman–Crippen MR) is 253 cm³/mol. The molecule has 0 bridgehead atoms. The molecule has 1 fully saturated rings. The Labute approximate surface area is 376 Å². The standard InChI is InChI=1S/C52H98N2O7/c1-6-9-12-15-18-19-20-26-34-45-59-49(55)38-32-27-33-42-54-44-40-48(61-51(57)41-43-53(4)5)47(52(54)58)37-30-24-21-25-31-39-50(56)60-46(35-28-22-16-13-10-7-2)36-29-23-17-14-11-8-3/h46-48H,6-45H2,1-5H3/t47?,48-/m0/s1. The molecule has 1 aliphatic heterocycles. The Kier molecular flexibility index (Phi) is 37.8. The van der Waals surface area contributed by atoms with Crippen molar-refractivity contribution in [2.24, 2.45) is 5.92 Å². The van der Waals surface area contributed by atoms with Crippen LogP contribution < -0.4 is 0 Å². The normalized spacial score (nSPS) is 15.5. The summed E-state index contributed by atoms with van der Waals surface area (Å²) in [5, 5.41) is 0. The predicted octanol–water partition coefficient (Wildman–Crippen LogP) is 13.5. The third kappa shape index (κ3) is 33.1. The van der Waals surface area contributed by atoms with E-state index < -0.39 is 0 Å². The molecule has 1 rings (SSSR count). The highest BCUT2D eigenvalue weighted by molar-refractivity contribution is 5.81. The summed E-state index contributed by atoms with van der Waals surface area (Å²) in [6.45, 7) is 9.15. The van der Waals surface area contributed by atoms with Gasteiger partial charge in [-0.05, 0) is 71.9 Å². The van der Waals surface area contributed by atoms with E-state index in [1.54, 1.807) is 0 Å². The molecule has 0 radical (unpaired) electrons. The second-order valence-corrected chi connectivity index (χ2v) is 18.7. The van der Waals surface area contributed by atoms with Gasteiger partial charge in [-0.15, -0.1) is 0 Å². The van der Waals surface area contributed by atoms with E-state index in [-0.39, 0.29) is 41.9 Å². The number of piperidine rings is 1. The van der Waals surface area contributed by atoms with Crippen LogP contribution in [0.25, 0.3) is 0 Å². The molecule has 0 aromatic carbocycles. The van der Waals surface area contributed by atoms with Gasteiger partial charge < -0.3 is 24.0 Å².